The number of hydrogen-bond donors (Lipinski definition) is 2. The van der Waals surface area contributed by atoms with Crippen LogP contribution in [0.1, 0.15) is 12.8 Å². The molecule has 1 atom stereocenters. The zero-order chi connectivity index (χ0) is 25.5. The van der Waals surface area contributed by atoms with Gasteiger partial charge in [0, 0.05) is 52.5 Å². The quantitative estimate of drug-likeness (QED) is 0.388. The summed E-state index contributed by atoms with van der Waals surface area (Å²) < 4.78 is 5.94. The summed E-state index contributed by atoms with van der Waals surface area (Å²) in [6.45, 7) is 3.50. The summed E-state index contributed by atoms with van der Waals surface area (Å²) in [5.74, 6) is -0.318. The number of rotatable bonds is 9. The molecule has 2 aliphatic rings. The molecular weight excluding hydrogens is 474 g/mol. The number of likely N-dealkylation sites (tertiary alicyclic amines) is 1. The third-order valence-corrected chi connectivity index (χ3v) is 6.38. The lowest BCUT2D eigenvalue weighted by Gasteiger charge is -2.38. The summed E-state index contributed by atoms with van der Waals surface area (Å²) >= 11 is 6.52. The van der Waals surface area contributed by atoms with E-state index in [4.69, 9.17) is 21.4 Å². The van der Waals surface area contributed by atoms with Crippen LogP contribution in [0.4, 0.5) is 16.2 Å². The van der Waals surface area contributed by atoms with Crippen molar-refractivity contribution in [1.29, 1.82) is 0 Å². The van der Waals surface area contributed by atoms with Crippen molar-refractivity contribution in [2.75, 3.05) is 70.3 Å². The highest BCUT2D eigenvalue weighted by Crippen LogP contribution is 2.37. The van der Waals surface area contributed by atoms with Gasteiger partial charge >= 0.3 is 6.09 Å². The second-order valence-corrected chi connectivity index (χ2v) is 9.44. The fourth-order valence-electron chi connectivity index (χ4n) is 4.17. The van der Waals surface area contributed by atoms with Gasteiger partial charge in [0.1, 0.15) is 6.04 Å². The first-order chi connectivity index (χ1) is 16.7. The zero-order valence-electron chi connectivity index (χ0n) is 20.4. The lowest BCUT2D eigenvalue weighted by molar-refractivity contribution is -0.139. The van der Waals surface area contributed by atoms with E-state index >= 15 is 0 Å². The fraction of sp³-hybridized carbons (Fsp3) is 0.542. The third-order valence-electron chi connectivity index (χ3n) is 6.07. The maximum absolute atomic E-state index is 12.8. The molecule has 1 fully saturated rings. The first-order valence-electron chi connectivity index (χ1n) is 11.7. The van der Waals surface area contributed by atoms with Crippen LogP contribution in [-0.2, 0) is 14.3 Å². The SMILES string of the molecule is CN(C)C/C=C/C(=O)N1CC(OCCCN2CC[C@H](NC(=O)O)C(=O)N(C)c3cccc(Cl)c32)C1. The van der Waals surface area contributed by atoms with Crippen LogP contribution < -0.4 is 15.1 Å². The van der Waals surface area contributed by atoms with Crippen molar-refractivity contribution in [1.82, 2.24) is 15.1 Å². The fourth-order valence-corrected chi connectivity index (χ4v) is 4.45. The Labute approximate surface area is 211 Å². The van der Waals surface area contributed by atoms with Gasteiger partial charge in [0.2, 0.25) is 11.8 Å². The lowest BCUT2D eigenvalue weighted by Crippen LogP contribution is -2.54. The number of carbonyl (C=O) groups excluding carboxylic acids is 2. The van der Waals surface area contributed by atoms with Crippen LogP contribution in [0.2, 0.25) is 5.02 Å². The Kier molecular flexibility index (Phi) is 9.36. The highest BCUT2D eigenvalue weighted by atomic mass is 35.5. The number of para-hydroxylation sites is 1. The molecule has 192 valence electrons. The van der Waals surface area contributed by atoms with Crippen molar-refractivity contribution in [3.05, 3.63) is 35.4 Å². The highest BCUT2D eigenvalue weighted by Gasteiger charge is 2.32. The number of halogens is 1. The van der Waals surface area contributed by atoms with Gasteiger partial charge in [0.25, 0.3) is 0 Å². The van der Waals surface area contributed by atoms with Gasteiger partial charge in [-0.1, -0.05) is 23.7 Å². The molecule has 35 heavy (non-hydrogen) atoms. The second-order valence-electron chi connectivity index (χ2n) is 9.04. The predicted molar refractivity (Wildman–Crippen MR) is 135 cm³/mol. The molecule has 1 saturated heterocycles. The monoisotopic (exact) mass is 507 g/mol. The zero-order valence-corrected chi connectivity index (χ0v) is 21.2. The van der Waals surface area contributed by atoms with E-state index in [2.05, 4.69) is 10.2 Å². The molecule has 2 N–H and O–H groups in total. The van der Waals surface area contributed by atoms with Gasteiger partial charge in [0.05, 0.1) is 22.5 Å². The number of carboxylic acid groups (broad SMARTS) is 1. The van der Waals surface area contributed by atoms with E-state index in [-0.39, 0.29) is 17.9 Å². The number of nitrogens with one attached hydrogen (secondary N) is 1. The van der Waals surface area contributed by atoms with Crippen LogP contribution in [0.15, 0.2) is 30.4 Å². The summed E-state index contributed by atoms with van der Waals surface area (Å²) in [6, 6.07) is 4.52. The standard InChI is InChI=1S/C24H34ClN5O5/c1-27(2)11-5-9-21(31)30-15-17(16-30)35-14-6-12-29-13-10-19(26-24(33)34)23(32)28(3)20-8-4-7-18(25)22(20)29/h4-5,7-9,17,19,26H,6,10-16H2,1-3H3,(H,33,34)/b9-5+/t19-/m0/s1. The van der Waals surface area contributed by atoms with Crippen LogP contribution in [0, 0.1) is 0 Å². The van der Waals surface area contributed by atoms with E-state index in [1.807, 2.05) is 25.1 Å². The second kappa shape index (κ2) is 12.2. The van der Waals surface area contributed by atoms with Crippen LogP contribution in [0.5, 0.6) is 0 Å². The van der Waals surface area contributed by atoms with Crippen molar-refractivity contribution >= 4 is 40.9 Å². The highest BCUT2D eigenvalue weighted by molar-refractivity contribution is 6.34. The maximum atomic E-state index is 12.8. The first-order valence-corrected chi connectivity index (χ1v) is 12.1. The van der Waals surface area contributed by atoms with Crippen molar-refractivity contribution in [2.45, 2.75) is 25.0 Å². The van der Waals surface area contributed by atoms with Crippen molar-refractivity contribution in [2.24, 2.45) is 0 Å². The molecule has 0 bridgehead atoms. The van der Waals surface area contributed by atoms with Gasteiger partial charge in [-0.25, -0.2) is 4.79 Å². The molecule has 3 rings (SSSR count). The molecule has 0 spiro atoms. The average Bonchev–Trinajstić information content (AvgIpc) is 2.76. The van der Waals surface area contributed by atoms with Crippen LogP contribution in [0.25, 0.3) is 0 Å². The Bertz CT molecular complexity index is 950. The number of fused-ring (bicyclic) bond motifs is 1. The number of amides is 3. The number of carbonyl (C=O) groups is 3. The molecule has 11 heteroatoms. The van der Waals surface area contributed by atoms with E-state index in [1.165, 1.54) is 4.90 Å². The normalized spacial score (nSPS) is 18.9. The molecule has 1 aromatic carbocycles. The Balaban J connectivity index is 1.53. The Hall–Kier alpha value is -2.82. The van der Waals surface area contributed by atoms with Gasteiger partial charge in [-0.3, -0.25) is 9.59 Å². The Morgan fingerprint density at radius 2 is 2.06 bits per heavy atom. The van der Waals surface area contributed by atoms with Gasteiger partial charge in [-0.2, -0.15) is 0 Å². The van der Waals surface area contributed by atoms with Gasteiger partial charge in [-0.05, 0) is 39.1 Å². The number of likely N-dealkylation sites (N-methyl/N-ethyl adjacent to an activating group) is 2. The minimum Gasteiger partial charge on any atom is -0.465 e. The molecule has 0 unspecified atom stereocenters. The van der Waals surface area contributed by atoms with Crippen molar-refractivity contribution < 1.29 is 24.2 Å². The largest absolute Gasteiger partial charge is 0.465 e. The van der Waals surface area contributed by atoms with E-state index in [9.17, 15) is 14.4 Å². The van der Waals surface area contributed by atoms with Crippen LogP contribution in [0.3, 0.4) is 0 Å². The lowest BCUT2D eigenvalue weighted by atomic mass is 10.1. The van der Waals surface area contributed by atoms with E-state index in [0.717, 1.165) is 12.2 Å². The Morgan fingerprint density at radius 1 is 1.31 bits per heavy atom. The molecule has 1 aromatic rings. The van der Waals surface area contributed by atoms with E-state index in [0.29, 0.717) is 56.3 Å². The van der Waals surface area contributed by atoms with E-state index in [1.54, 1.807) is 36.2 Å². The summed E-state index contributed by atoms with van der Waals surface area (Å²) in [7, 11) is 5.52. The Morgan fingerprint density at radius 3 is 2.74 bits per heavy atom. The molecule has 3 amide bonds. The molecule has 2 heterocycles. The molecule has 0 saturated carbocycles. The maximum Gasteiger partial charge on any atom is 0.405 e. The smallest absolute Gasteiger partial charge is 0.405 e. The molecule has 0 radical (unpaired) electrons. The number of hydrogen-bond acceptors (Lipinski definition) is 6. The summed E-state index contributed by atoms with van der Waals surface area (Å²) in [5.41, 5.74) is 1.39. The minimum absolute atomic E-state index is 0.00164. The summed E-state index contributed by atoms with van der Waals surface area (Å²) in [5, 5.41) is 12.0. The number of benzene rings is 1. The molecule has 0 aliphatic carbocycles. The third kappa shape index (κ3) is 7.09. The number of nitrogens with zero attached hydrogens (tertiary/aromatic N) is 4. The molecule has 0 aromatic heterocycles. The summed E-state index contributed by atoms with van der Waals surface area (Å²) in [4.78, 5) is 43.4. The van der Waals surface area contributed by atoms with Crippen LogP contribution >= 0.6 is 11.6 Å². The number of anilines is 2. The minimum atomic E-state index is -1.23. The average molecular weight is 508 g/mol. The van der Waals surface area contributed by atoms with Crippen molar-refractivity contribution in [3.8, 4) is 0 Å². The molecular formula is C24H34ClN5O5. The summed E-state index contributed by atoms with van der Waals surface area (Å²) in [6.07, 6.45) is 3.29. The number of ether oxygens (including phenoxy) is 1. The van der Waals surface area contributed by atoms with Crippen molar-refractivity contribution in [3.63, 3.8) is 0 Å². The molecule has 2 aliphatic heterocycles. The van der Waals surface area contributed by atoms with E-state index < -0.39 is 12.1 Å². The van der Waals surface area contributed by atoms with Gasteiger partial charge in [-0.15, -0.1) is 0 Å². The molecule has 10 nitrogen and oxygen atoms in total. The predicted octanol–water partition coefficient (Wildman–Crippen LogP) is 1.88. The van der Waals surface area contributed by atoms with Gasteiger partial charge < -0.3 is 34.8 Å². The first kappa shape index (κ1) is 26.8. The topological polar surface area (TPSA) is 106 Å². The van der Waals surface area contributed by atoms with Gasteiger partial charge in [0.15, 0.2) is 0 Å². The van der Waals surface area contributed by atoms with Crippen LogP contribution in [-0.4, -0.2) is 105 Å².